The fourth-order valence-corrected chi connectivity index (χ4v) is 2.84. The highest BCUT2D eigenvalue weighted by Crippen LogP contribution is 2.28. The van der Waals surface area contributed by atoms with Gasteiger partial charge in [-0.25, -0.2) is 0 Å². The predicted molar refractivity (Wildman–Crippen MR) is 74.5 cm³/mol. The van der Waals surface area contributed by atoms with E-state index in [0.717, 1.165) is 19.4 Å². The molecular weight excluding hydrogens is 242 g/mol. The molecule has 1 aliphatic rings. The van der Waals surface area contributed by atoms with E-state index in [1.807, 2.05) is 18.7 Å². The van der Waals surface area contributed by atoms with Crippen LogP contribution in [0.3, 0.4) is 0 Å². The van der Waals surface area contributed by atoms with E-state index in [-0.39, 0.29) is 30.1 Å². The van der Waals surface area contributed by atoms with Crippen LogP contribution < -0.4 is 0 Å². The third-order valence-electron chi connectivity index (χ3n) is 4.09. The second-order valence-electron chi connectivity index (χ2n) is 6.12. The summed E-state index contributed by atoms with van der Waals surface area (Å²) in [5, 5.41) is 0. The first-order valence-corrected chi connectivity index (χ1v) is 7.25. The summed E-state index contributed by atoms with van der Waals surface area (Å²) in [7, 11) is 1.37. The highest BCUT2D eigenvalue weighted by atomic mass is 16.5. The minimum Gasteiger partial charge on any atom is -0.469 e. The smallest absolute Gasteiger partial charge is 0.306 e. The maximum Gasteiger partial charge on any atom is 0.306 e. The molecule has 0 spiro atoms. The zero-order valence-electron chi connectivity index (χ0n) is 12.8. The van der Waals surface area contributed by atoms with Gasteiger partial charge in [0.25, 0.3) is 0 Å². The number of methoxy groups -OCH3 is 1. The molecule has 1 fully saturated rings. The number of hydrogen-bond acceptors (Lipinski definition) is 3. The normalized spacial score (nSPS) is 21.0. The number of rotatable bonds is 5. The molecule has 110 valence electrons. The molecule has 0 aromatic rings. The van der Waals surface area contributed by atoms with Crippen LogP contribution >= 0.6 is 0 Å². The minimum absolute atomic E-state index is 0.122. The molecule has 1 rings (SSSR count). The second-order valence-corrected chi connectivity index (χ2v) is 6.12. The molecule has 1 amide bonds. The number of carbonyl (C=O) groups excluding carboxylic acids is 2. The summed E-state index contributed by atoms with van der Waals surface area (Å²) in [6, 6.07) is 0.325. The van der Waals surface area contributed by atoms with Crippen molar-refractivity contribution < 1.29 is 14.3 Å². The van der Waals surface area contributed by atoms with Gasteiger partial charge >= 0.3 is 5.97 Å². The molecular formula is C15H27NO3. The SMILES string of the molecule is COC(=O)CC(C(=O)N1CCC[C@H]1C(C)C)C(C)C. The monoisotopic (exact) mass is 269 g/mol. The molecule has 2 atom stereocenters. The van der Waals surface area contributed by atoms with Crippen LogP contribution in [0.4, 0.5) is 0 Å². The van der Waals surface area contributed by atoms with Gasteiger partial charge in [0.2, 0.25) is 5.91 Å². The van der Waals surface area contributed by atoms with Crippen molar-refractivity contribution in [1.29, 1.82) is 0 Å². The molecule has 0 N–H and O–H groups in total. The molecule has 1 heterocycles. The van der Waals surface area contributed by atoms with Gasteiger partial charge in [-0.3, -0.25) is 9.59 Å². The Balaban J connectivity index is 2.78. The van der Waals surface area contributed by atoms with Crippen molar-refractivity contribution in [2.45, 2.75) is 53.0 Å². The van der Waals surface area contributed by atoms with Crippen molar-refractivity contribution in [2.24, 2.45) is 17.8 Å². The number of carbonyl (C=O) groups is 2. The molecule has 0 aliphatic carbocycles. The van der Waals surface area contributed by atoms with E-state index in [1.165, 1.54) is 7.11 Å². The zero-order chi connectivity index (χ0) is 14.6. The predicted octanol–water partition coefficient (Wildman–Crippen LogP) is 2.47. The molecule has 0 bridgehead atoms. The summed E-state index contributed by atoms with van der Waals surface area (Å²) in [5.74, 6) is 0.188. The summed E-state index contributed by atoms with van der Waals surface area (Å²) in [5.41, 5.74) is 0. The lowest BCUT2D eigenvalue weighted by atomic mass is 9.90. The van der Waals surface area contributed by atoms with E-state index < -0.39 is 0 Å². The van der Waals surface area contributed by atoms with Crippen LogP contribution in [0.2, 0.25) is 0 Å². The van der Waals surface area contributed by atoms with E-state index in [0.29, 0.717) is 12.0 Å². The van der Waals surface area contributed by atoms with Gasteiger partial charge in [-0.05, 0) is 24.7 Å². The average Bonchev–Trinajstić information content (AvgIpc) is 2.83. The Kier molecular flexibility index (Phi) is 5.83. The molecule has 0 aromatic heterocycles. The molecule has 4 heteroatoms. The quantitative estimate of drug-likeness (QED) is 0.720. The van der Waals surface area contributed by atoms with Gasteiger partial charge in [0.05, 0.1) is 19.4 Å². The van der Waals surface area contributed by atoms with Crippen molar-refractivity contribution in [3.05, 3.63) is 0 Å². The second kappa shape index (κ2) is 6.92. The van der Waals surface area contributed by atoms with Crippen molar-refractivity contribution >= 4 is 11.9 Å². The van der Waals surface area contributed by atoms with Crippen LogP contribution in [-0.4, -0.2) is 36.5 Å². The van der Waals surface area contributed by atoms with E-state index in [9.17, 15) is 9.59 Å². The summed E-state index contributed by atoms with van der Waals surface area (Å²) < 4.78 is 4.71. The number of esters is 1. The Morgan fingerprint density at radius 3 is 2.37 bits per heavy atom. The van der Waals surface area contributed by atoms with Crippen LogP contribution in [0.1, 0.15) is 47.0 Å². The molecule has 1 saturated heterocycles. The van der Waals surface area contributed by atoms with Gasteiger partial charge in [-0.2, -0.15) is 0 Å². The van der Waals surface area contributed by atoms with Gasteiger partial charge in [0.15, 0.2) is 0 Å². The number of ether oxygens (including phenoxy) is 1. The fourth-order valence-electron chi connectivity index (χ4n) is 2.84. The maximum absolute atomic E-state index is 12.7. The Hall–Kier alpha value is -1.06. The van der Waals surface area contributed by atoms with Crippen molar-refractivity contribution in [3.8, 4) is 0 Å². The first kappa shape index (κ1) is 16.0. The number of amides is 1. The van der Waals surface area contributed by atoms with E-state index in [1.54, 1.807) is 0 Å². The Morgan fingerprint density at radius 2 is 1.89 bits per heavy atom. The number of likely N-dealkylation sites (tertiary alicyclic amines) is 1. The maximum atomic E-state index is 12.7. The highest BCUT2D eigenvalue weighted by Gasteiger charge is 2.36. The third kappa shape index (κ3) is 3.95. The summed E-state index contributed by atoms with van der Waals surface area (Å²) in [6.45, 7) is 9.12. The van der Waals surface area contributed by atoms with E-state index in [4.69, 9.17) is 4.74 Å². The lowest BCUT2D eigenvalue weighted by Gasteiger charge is -2.32. The van der Waals surface area contributed by atoms with Crippen LogP contribution in [0.15, 0.2) is 0 Å². The molecule has 0 saturated carbocycles. The first-order valence-electron chi connectivity index (χ1n) is 7.25. The zero-order valence-corrected chi connectivity index (χ0v) is 12.8. The van der Waals surface area contributed by atoms with Gasteiger partial charge in [0.1, 0.15) is 0 Å². The molecule has 1 unspecified atom stereocenters. The number of nitrogens with zero attached hydrogens (tertiary/aromatic N) is 1. The minimum atomic E-state index is -0.299. The van der Waals surface area contributed by atoms with Gasteiger partial charge < -0.3 is 9.64 Å². The molecule has 0 aromatic carbocycles. The lowest BCUT2D eigenvalue weighted by Crippen LogP contribution is -2.44. The van der Waals surface area contributed by atoms with Crippen molar-refractivity contribution in [2.75, 3.05) is 13.7 Å². The highest BCUT2D eigenvalue weighted by molar-refractivity contribution is 5.84. The topological polar surface area (TPSA) is 46.6 Å². The van der Waals surface area contributed by atoms with Crippen LogP contribution in [0.5, 0.6) is 0 Å². The molecule has 19 heavy (non-hydrogen) atoms. The van der Waals surface area contributed by atoms with Gasteiger partial charge in [-0.15, -0.1) is 0 Å². The van der Waals surface area contributed by atoms with Gasteiger partial charge in [-0.1, -0.05) is 27.7 Å². The van der Waals surface area contributed by atoms with Crippen molar-refractivity contribution in [3.63, 3.8) is 0 Å². The third-order valence-corrected chi connectivity index (χ3v) is 4.09. The first-order chi connectivity index (χ1) is 8.88. The molecule has 4 nitrogen and oxygen atoms in total. The Morgan fingerprint density at radius 1 is 1.26 bits per heavy atom. The summed E-state index contributed by atoms with van der Waals surface area (Å²) >= 11 is 0. The Labute approximate surface area is 116 Å². The standard InChI is InChI=1S/C15H27NO3/c1-10(2)12(9-14(17)19-5)15(18)16-8-6-7-13(16)11(3)4/h10-13H,6-9H2,1-5H3/t12?,13-/m0/s1. The number of hydrogen-bond donors (Lipinski definition) is 0. The molecule has 0 radical (unpaired) electrons. The van der Waals surface area contributed by atoms with E-state index >= 15 is 0 Å². The summed E-state index contributed by atoms with van der Waals surface area (Å²) in [4.78, 5) is 26.1. The summed E-state index contributed by atoms with van der Waals surface area (Å²) in [6.07, 6.45) is 2.33. The van der Waals surface area contributed by atoms with Crippen LogP contribution in [0, 0.1) is 17.8 Å². The fraction of sp³-hybridized carbons (Fsp3) is 0.867. The van der Waals surface area contributed by atoms with Crippen LogP contribution in [0.25, 0.3) is 0 Å². The molecule has 1 aliphatic heterocycles. The average molecular weight is 269 g/mol. The Bertz CT molecular complexity index is 325. The van der Waals surface area contributed by atoms with Crippen molar-refractivity contribution in [1.82, 2.24) is 4.90 Å². The van der Waals surface area contributed by atoms with Gasteiger partial charge in [0, 0.05) is 12.6 Å². The largest absolute Gasteiger partial charge is 0.469 e. The van der Waals surface area contributed by atoms with E-state index in [2.05, 4.69) is 13.8 Å². The lowest BCUT2D eigenvalue weighted by molar-refractivity contribution is -0.148. The van der Waals surface area contributed by atoms with Crippen LogP contribution in [-0.2, 0) is 14.3 Å².